The van der Waals surface area contributed by atoms with Crippen LogP contribution in [-0.4, -0.2) is 65.4 Å². The summed E-state index contributed by atoms with van der Waals surface area (Å²) in [5.74, 6) is -57.7. The van der Waals surface area contributed by atoms with Crippen LogP contribution in [0.2, 0.25) is 5.54 Å². The van der Waals surface area contributed by atoms with Crippen LogP contribution in [0.1, 0.15) is 0 Å². The molecule has 0 rings (SSSR count). The van der Waals surface area contributed by atoms with Gasteiger partial charge in [-0.2, -0.15) is 74.6 Å². The lowest BCUT2D eigenvalue weighted by Gasteiger charge is -2.44. The quantitative estimate of drug-likeness (QED) is 0.172. The molecule has 32 heavy (non-hydrogen) atoms. The van der Waals surface area contributed by atoms with Gasteiger partial charge >= 0.3 is 53.6 Å². The van der Waals surface area contributed by atoms with Gasteiger partial charge in [0, 0.05) is 0 Å². The fourth-order valence-electron chi connectivity index (χ4n) is 1.82. The van der Waals surface area contributed by atoms with Crippen molar-refractivity contribution in [2.75, 3.05) is 6.61 Å². The van der Waals surface area contributed by atoms with Crippen molar-refractivity contribution in [2.45, 2.75) is 53.2 Å². The van der Waals surface area contributed by atoms with Crippen LogP contribution < -0.4 is 0 Å². The van der Waals surface area contributed by atoms with Gasteiger partial charge < -0.3 is 5.11 Å². The van der Waals surface area contributed by atoms with E-state index < -0.39 is 65.8 Å². The first kappa shape index (κ1) is 31.9. The molecule has 0 aliphatic rings. The summed E-state index contributed by atoms with van der Waals surface area (Å²) in [5, 5.41) is 8.56. The van der Waals surface area contributed by atoms with Crippen LogP contribution >= 0.6 is 33.2 Å². The molecule has 0 aliphatic heterocycles. The van der Waals surface area contributed by atoms with Gasteiger partial charge in [-0.05, 0) is 0 Å². The predicted molar refractivity (Wildman–Crippen MR) is 74.8 cm³/mol. The van der Waals surface area contributed by atoms with Crippen LogP contribution in [0.25, 0.3) is 0 Å². The summed E-state index contributed by atoms with van der Waals surface area (Å²) in [4.78, 5) is 0. The molecule has 1 nitrogen and oxygen atoms in total. The fourth-order valence-corrected chi connectivity index (χ4v) is 4.47. The summed E-state index contributed by atoms with van der Waals surface area (Å²) in [5.41, 5.74) is -4.01. The van der Waals surface area contributed by atoms with Crippen LogP contribution in [0.5, 0.6) is 0 Å². The second-order valence-electron chi connectivity index (χ2n) is 5.84. The number of hydrogen-bond donors (Lipinski definition) is 1. The highest BCUT2D eigenvalue weighted by Gasteiger charge is 2.95. The lowest BCUT2D eigenvalue weighted by atomic mass is 9.88. The number of hydrogen-bond acceptors (Lipinski definition) is 1. The molecule has 0 aromatic carbocycles. The highest BCUT2D eigenvalue weighted by molar-refractivity contribution is 7.65. The molecule has 1 atom stereocenters. The van der Waals surface area contributed by atoms with E-state index in [4.69, 9.17) is 38.3 Å². The second kappa shape index (κ2) is 8.22. The first-order valence-corrected chi connectivity index (χ1v) is 11.9. The Bertz CT molecular complexity index is 685. The summed E-state index contributed by atoms with van der Waals surface area (Å²) in [6.45, 7) is -2.52. The molecule has 1 unspecified atom stereocenters. The zero-order valence-electron chi connectivity index (χ0n) is 13.8. The van der Waals surface area contributed by atoms with Crippen molar-refractivity contribution < 1.29 is 79.7 Å². The molecule has 0 aliphatic carbocycles. The maximum atomic E-state index is 13.8. The molecule has 0 saturated carbocycles. The molecule has 0 radical (unpaired) electrons. The number of aliphatic hydroxyl groups excluding tert-OH is 1. The van der Waals surface area contributed by atoms with E-state index in [1.165, 1.54) is 0 Å². The largest absolute Gasteiger partial charge is 0.460 e. The molecule has 194 valence electrons. The zero-order chi connectivity index (χ0) is 26.8. The summed E-state index contributed by atoms with van der Waals surface area (Å²) >= 11 is 14.4. The molecule has 22 heteroatoms. The normalized spacial score (nSPS) is 17.5. The van der Waals surface area contributed by atoms with Crippen molar-refractivity contribution in [1.29, 1.82) is 0 Å². The van der Waals surface area contributed by atoms with E-state index in [2.05, 4.69) is 0 Å². The number of rotatable bonds is 9. The maximum absolute atomic E-state index is 13.8. The van der Waals surface area contributed by atoms with Crippen LogP contribution in [-0.2, 0) is 0 Å². The van der Waals surface area contributed by atoms with E-state index in [-0.39, 0.29) is 0 Å². The van der Waals surface area contributed by atoms with Gasteiger partial charge in [-0.25, -0.2) is 0 Å². The Labute approximate surface area is 179 Å². The maximum Gasteiger partial charge on any atom is 0.460 e. The molecule has 0 saturated heterocycles. The summed E-state index contributed by atoms with van der Waals surface area (Å²) in [6.07, 6.45) is -7.83. The number of aliphatic hydroxyl groups is 1. The molecule has 0 heterocycles. The minimum atomic E-state index is -8.74. The Kier molecular flexibility index (Phi) is 8.18. The third-order valence-electron chi connectivity index (χ3n) is 3.76. The van der Waals surface area contributed by atoms with E-state index in [1.807, 2.05) is 0 Å². The first-order chi connectivity index (χ1) is 13.4. The predicted octanol–water partition coefficient (Wildman–Crippen LogP) is 7.01. The lowest BCUT2D eigenvalue weighted by molar-refractivity contribution is -0.461. The van der Waals surface area contributed by atoms with Crippen LogP contribution in [0.15, 0.2) is 0 Å². The van der Waals surface area contributed by atoms with Crippen LogP contribution in [0.3, 0.4) is 0 Å². The standard InChI is InChI=1S/C10H4Cl3F17OSi/c11-32(12,13)2(1-31)3(14,15)4(16,17)5(18,19)6(20,21)7(22,23)8(24,25)9(26,27)10(28,29)30/h2,31H,1H2. The van der Waals surface area contributed by atoms with Crippen molar-refractivity contribution in [3.8, 4) is 0 Å². The van der Waals surface area contributed by atoms with Crippen LogP contribution in [0, 0.1) is 0 Å². The van der Waals surface area contributed by atoms with Crippen molar-refractivity contribution in [2.24, 2.45) is 0 Å². The third kappa shape index (κ3) is 4.21. The molecule has 0 amide bonds. The fraction of sp³-hybridized carbons (Fsp3) is 1.00. The van der Waals surface area contributed by atoms with E-state index in [0.717, 1.165) is 0 Å². The molecule has 0 aromatic heterocycles. The zero-order valence-corrected chi connectivity index (χ0v) is 17.1. The molecule has 0 fully saturated rings. The third-order valence-corrected chi connectivity index (χ3v) is 7.47. The Morgan fingerprint density at radius 1 is 0.500 bits per heavy atom. The van der Waals surface area contributed by atoms with Crippen molar-refractivity contribution >= 4 is 39.2 Å². The van der Waals surface area contributed by atoms with Gasteiger partial charge in [0.25, 0.3) is 0 Å². The molecular weight excluding hydrogens is 594 g/mol. The van der Waals surface area contributed by atoms with E-state index in [0.29, 0.717) is 0 Å². The van der Waals surface area contributed by atoms with Gasteiger partial charge in [0.05, 0.1) is 12.1 Å². The SMILES string of the molecule is OCC(C(F)(F)C(F)(F)C(F)(F)C(F)(F)C(F)(F)C(F)(F)C(F)(F)C(F)(F)F)[Si](Cl)(Cl)Cl. The van der Waals surface area contributed by atoms with Crippen molar-refractivity contribution in [3.63, 3.8) is 0 Å². The van der Waals surface area contributed by atoms with Gasteiger partial charge in [0.1, 0.15) is 0 Å². The van der Waals surface area contributed by atoms with Crippen molar-refractivity contribution in [3.05, 3.63) is 0 Å². The highest BCUT2D eigenvalue weighted by Crippen LogP contribution is 2.65. The van der Waals surface area contributed by atoms with Gasteiger partial charge in [0.15, 0.2) is 0 Å². The highest BCUT2D eigenvalue weighted by atomic mass is 35.8. The monoisotopic (exact) mass is 596 g/mol. The van der Waals surface area contributed by atoms with E-state index in [9.17, 15) is 74.6 Å². The summed E-state index contributed by atoms with van der Waals surface area (Å²) in [7, 11) is 0. The smallest absolute Gasteiger partial charge is 0.396 e. The molecule has 1 N–H and O–H groups in total. The van der Waals surface area contributed by atoms with Gasteiger partial charge in [-0.1, -0.05) is 0 Å². The van der Waals surface area contributed by atoms with E-state index >= 15 is 0 Å². The molecule has 0 bridgehead atoms. The summed E-state index contributed by atoms with van der Waals surface area (Å²) < 4.78 is 223. The second-order valence-corrected chi connectivity index (χ2v) is 14.7. The minimum absolute atomic E-state index is 2.52. The summed E-state index contributed by atoms with van der Waals surface area (Å²) in [6, 6.07) is -5.55. The molecule has 0 aromatic rings. The first-order valence-electron chi connectivity index (χ1n) is 6.83. The van der Waals surface area contributed by atoms with Crippen molar-refractivity contribution in [1.82, 2.24) is 0 Å². The Balaban J connectivity index is 6.92. The van der Waals surface area contributed by atoms with Gasteiger partial charge in [-0.3, -0.25) is 0 Å². The van der Waals surface area contributed by atoms with E-state index in [1.54, 1.807) is 0 Å². The van der Waals surface area contributed by atoms with Gasteiger partial charge in [0.2, 0.25) is 0 Å². The minimum Gasteiger partial charge on any atom is -0.396 e. The average Bonchev–Trinajstić information content (AvgIpc) is 2.51. The topological polar surface area (TPSA) is 20.2 Å². The van der Waals surface area contributed by atoms with Gasteiger partial charge in [-0.15, -0.1) is 33.2 Å². The molecule has 0 spiro atoms. The lowest BCUT2D eigenvalue weighted by Crippen LogP contribution is -2.75. The van der Waals surface area contributed by atoms with Crippen LogP contribution in [0.4, 0.5) is 74.6 Å². The average molecular weight is 598 g/mol. The molecular formula is C10H4Cl3F17OSi. The number of alkyl halides is 17. The Morgan fingerprint density at radius 3 is 0.969 bits per heavy atom. The number of halogens is 20. The Morgan fingerprint density at radius 2 is 0.750 bits per heavy atom. The Hall–Kier alpha value is -0.143.